The van der Waals surface area contributed by atoms with Gasteiger partial charge in [0.15, 0.2) is 0 Å². The van der Waals surface area contributed by atoms with E-state index in [2.05, 4.69) is 22.0 Å². The van der Waals surface area contributed by atoms with Crippen molar-refractivity contribution < 1.29 is 14.3 Å². The van der Waals surface area contributed by atoms with Gasteiger partial charge in [-0.15, -0.1) is 0 Å². The first-order chi connectivity index (χ1) is 14.4. The number of piperazine rings is 1. The van der Waals surface area contributed by atoms with Crippen LogP contribution in [-0.4, -0.2) is 80.3 Å². The third-order valence-corrected chi connectivity index (χ3v) is 5.24. The lowest BCUT2D eigenvalue weighted by Gasteiger charge is -2.37. The maximum Gasteiger partial charge on any atom is 0.319 e. The van der Waals surface area contributed by atoms with Gasteiger partial charge in [0.1, 0.15) is 17.4 Å². The van der Waals surface area contributed by atoms with E-state index in [9.17, 15) is 4.79 Å². The van der Waals surface area contributed by atoms with Gasteiger partial charge >= 0.3 is 6.03 Å². The summed E-state index contributed by atoms with van der Waals surface area (Å²) in [6, 6.07) is 8.10. The molecule has 0 unspecified atom stereocenters. The lowest BCUT2D eigenvalue weighted by atomic mass is 10.0. The highest BCUT2D eigenvalue weighted by Crippen LogP contribution is 2.27. The van der Waals surface area contributed by atoms with E-state index in [1.54, 1.807) is 33.2 Å². The lowest BCUT2D eigenvalue weighted by molar-refractivity contribution is 0.167. The Morgan fingerprint density at radius 1 is 1.07 bits per heavy atom. The van der Waals surface area contributed by atoms with Gasteiger partial charge in [0.25, 0.3) is 0 Å². The van der Waals surface area contributed by atoms with E-state index in [4.69, 9.17) is 14.5 Å². The summed E-state index contributed by atoms with van der Waals surface area (Å²) in [6.07, 6.45) is 0.704. The molecule has 1 aliphatic heterocycles. The van der Waals surface area contributed by atoms with Crippen molar-refractivity contribution in [2.24, 2.45) is 0 Å². The summed E-state index contributed by atoms with van der Waals surface area (Å²) in [7, 11) is 6.91. The summed E-state index contributed by atoms with van der Waals surface area (Å²) in [4.78, 5) is 27.5. The van der Waals surface area contributed by atoms with E-state index in [-0.39, 0.29) is 6.03 Å². The topological polar surface area (TPSA) is 71.0 Å². The summed E-state index contributed by atoms with van der Waals surface area (Å²) in [6.45, 7) is 5.14. The van der Waals surface area contributed by atoms with Gasteiger partial charge in [0.2, 0.25) is 0 Å². The minimum absolute atomic E-state index is 0.0482. The van der Waals surface area contributed by atoms with Crippen LogP contribution in [0.3, 0.4) is 0 Å². The number of amides is 2. The highest BCUT2D eigenvalue weighted by molar-refractivity contribution is 5.74. The van der Waals surface area contributed by atoms with Gasteiger partial charge in [-0.25, -0.2) is 14.8 Å². The van der Waals surface area contributed by atoms with Crippen molar-refractivity contribution in [2.45, 2.75) is 20.0 Å². The van der Waals surface area contributed by atoms with Crippen molar-refractivity contribution in [2.75, 3.05) is 59.4 Å². The number of hydrogen-bond acceptors (Lipinski definition) is 6. The summed E-state index contributed by atoms with van der Waals surface area (Å²) in [5, 5.41) is 0. The molecule has 1 aromatic heterocycles. The largest absolute Gasteiger partial charge is 0.497 e. The number of carbonyl (C=O) groups is 1. The summed E-state index contributed by atoms with van der Waals surface area (Å²) in [5.74, 6) is 2.49. The van der Waals surface area contributed by atoms with Gasteiger partial charge in [-0.1, -0.05) is 12.1 Å². The van der Waals surface area contributed by atoms with Gasteiger partial charge < -0.3 is 24.2 Å². The van der Waals surface area contributed by atoms with Crippen LogP contribution >= 0.6 is 0 Å². The zero-order valence-corrected chi connectivity index (χ0v) is 18.5. The zero-order chi connectivity index (χ0) is 21.7. The second-order valence-corrected chi connectivity index (χ2v) is 7.63. The average molecular weight is 414 g/mol. The molecule has 30 heavy (non-hydrogen) atoms. The SMILES string of the molecule is COCc1nc(C)nc(N2CCN(C(=O)N(C)C)CC2)c1Cc1ccc(OC)cc1. The van der Waals surface area contributed by atoms with Crippen molar-refractivity contribution in [3.8, 4) is 5.75 Å². The lowest BCUT2D eigenvalue weighted by Crippen LogP contribution is -2.52. The van der Waals surface area contributed by atoms with E-state index in [1.165, 1.54) is 0 Å². The monoisotopic (exact) mass is 413 g/mol. The molecule has 0 aliphatic carbocycles. The van der Waals surface area contributed by atoms with Crippen LogP contribution in [0.5, 0.6) is 5.75 Å². The number of nitrogens with zero attached hydrogens (tertiary/aromatic N) is 5. The molecule has 2 aromatic rings. The Morgan fingerprint density at radius 3 is 2.30 bits per heavy atom. The quantitative estimate of drug-likeness (QED) is 0.724. The van der Waals surface area contributed by atoms with Crippen molar-refractivity contribution in [1.29, 1.82) is 0 Å². The molecule has 8 heteroatoms. The highest BCUT2D eigenvalue weighted by Gasteiger charge is 2.26. The van der Waals surface area contributed by atoms with Crippen LogP contribution in [0, 0.1) is 6.92 Å². The number of anilines is 1. The van der Waals surface area contributed by atoms with Gasteiger partial charge in [0, 0.05) is 59.4 Å². The zero-order valence-electron chi connectivity index (χ0n) is 18.5. The first-order valence-electron chi connectivity index (χ1n) is 10.1. The van der Waals surface area contributed by atoms with Crippen LogP contribution in [-0.2, 0) is 17.8 Å². The summed E-state index contributed by atoms with van der Waals surface area (Å²) >= 11 is 0. The number of aromatic nitrogens is 2. The van der Waals surface area contributed by atoms with Gasteiger partial charge in [-0.2, -0.15) is 0 Å². The molecule has 0 bridgehead atoms. The Balaban J connectivity index is 1.88. The molecule has 0 spiro atoms. The predicted molar refractivity (Wildman–Crippen MR) is 116 cm³/mol. The molecule has 8 nitrogen and oxygen atoms in total. The second kappa shape index (κ2) is 9.75. The van der Waals surface area contributed by atoms with E-state index >= 15 is 0 Å². The van der Waals surface area contributed by atoms with Gasteiger partial charge in [-0.05, 0) is 24.6 Å². The third-order valence-electron chi connectivity index (χ3n) is 5.24. The van der Waals surface area contributed by atoms with E-state index in [1.807, 2.05) is 24.0 Å². The summed E-state index contributed by atoms with van der Waals surface area (Å²) in [5.41, 5.74) is 3.13. The number of benzene rings is 1. The van der Waals surface area contributed by atoms with Crippen LogP contribution < -0.4 is 9.64 Å². The molecule has 0 atom stereocenters. The van der Waals surface area contributed by atoms with Crippen LogP contribution in [0.4, 0.5) is 10.6 Å². The molecule has 1 saturated heterocycles. The molecule has 162 valence electrons. The fourth-order valence-electron chi connectivity index (χ4n) is 3.68. The molecule has 2 amide bonds. The summed E-state index contributed by atoms with van der Waals surface area (Å²) < 4.78 is 10.7. The number of rotatable bonds is 6. The van der Waals surface area contributed by atoms with Crippen LogP contribution in [0.2, 0.25) is 0 Å². The molecule has 1 fully saturated rings. The number of urea groups is 1. The second-order valence-electron chi connectivity index (χ2n) is 7.63. The van der Waals surface area contributed by atoms with Crippen LogP contribution in [0.15, 0.2) is 24.3 Å². The molecule has 3 rings (SSSR count). The molecular formula is C22H31N5O3. The van der Waals surface area contributed by atoms with Crippen molar-refractivity contribution in [3.05, 3.63) is 46.9 Å². The maximum atomic E-state index is 12.3. The van der Waals surface area contributed by atoms with E-state index < -0.39 is 0 Å². The Morgan fingerprint density at radius 2 is 1.73 bits per heavy atom. The van der Waals surface area contributed by atoms with Gasteiger partial charge in [0.05, 0.1) is 19.4 Å². The average Bonchev–Trinajstić information content (AvgIpc) is 2.75. The van der Waals surface area contributed by atoms with Crippen LogP contribution in [0.1, 0.15) is 22.6 Å². The fraction of sp³-hybridized carbons (Fsp3) is 0.500. The number of aryl methyl sites for hydroxylation is 1. The fourth-order valence-corrected chi connectivity index (χ4v) is 3.68. The minimum atomic E-state index is 0.0482. The normalized spacial score (nSPS) is 14.0. The number of methoxy groups -OCH3 is 2. The highest BCUT2D eigenvalue weighted by atomic mass is 16.5. The third kappa shape index (κ3) is 4.99. The predicted octanol–water partition coefficient (Wildman–Crippen LogP) is 2.33. The Hall–Kier alpha value is -2.87. The van der Waals surface area contributed by atoms with Crippen LogP contribution in [0.25, 0.3) is 0 Å². The number of ether oxygens (including phenoxy) is 2. The van der Waals surface area contributed by atoms with E-state index in [0.29, 0.717) is 26.1 Å². The first-order valence-corrected chi connectivity index (χ1v) is 10.1. The Bertz CT molecular complexity index is 862. The Labute approximate surface area is 178 Å². The van der Waals surface area contributed by atoms with E-state index in [0.717, 1.165) is 47.3 Å². The molecular weight excluding hydrogens is 382 g/mol. The number of carbonyl (C=O) groups excluding carboxylic acids is 1. The van der Waals surface area contributed by atoms with Crippen molar-refractivity contribution in [1.82, 2.24) is 19.8 Å². The molecule has 1 aromatic carbocycles. The Kier molecular flexibility index (Phi) is 7.10. The smallest absolute Gasteiger partial charge is 0.319 e. The molecule has 1 aliphatic rings. The van der Waals surface area contributed by atoms with Crippen molar-refractivity contribution >= 4 is 11.8 Å². The minimum Gasteiger partial charge on any atom is -0.497 e. The maximum absolute atomic E-state index is 12.3. The first kappa shape index (κ1) is 21.8. The molecule has 0 saturated carbocycles. The van der Waals surface area contributed by atoms with Gasteiger partial charge in [-0.3, -0.25) is 0 Å². The molecule has 0 N–H and O–H groups in total. The standard InChI is InChI=1S/C22H31N5O3/c1-16-23-20(15-29-4)19(14-17-6-8-18(30-5)9-7-17)21(24-16)26-10-12-27(13-11-26)22(28)25(2)3/h6-9H,10-15H2,1-5H3. The number of hydrogen-bond donors (Lipinski definition) is 0. The molecule has 2 heterocycles. The molecule has 0 radical (unpaired) electrons. The van der Waals surface area contributed by atoms with Crippen molar-refractivity contribution in [3.63, 3.8) is 0 Å².